The Bertz CT molecular complexity index is 993. The van der Waals surface area contributed by atoms with Crippen LogP contribution in [0.2, 0.25) is 0 Å². The van der Waals surface area contributed by atoms with Crippen molar-refractivity contribution in [1.29, 1.82) is 0 Å². The second-order valence-corrected chi connectivity index (χ2v) is 7.74. The molecule has 5 rings (SSSR count). The third-order valence-electron chi connectivity index (χ3n) is 5.81. The SMILES string of the molecule is Cc1nc(N2CCN(c3cc(N4CCCCC4)ncn3)CC2)c2ccncc2n1. The predicted molar refractivity (Wildman–Crippen MR) is 115 cm³/mol. The summed E-state index contributed by atoms with van der Waals surface area (Å²) in [6, 6.07) is 4.16. The highest BCUT2D eigenvalue weighted by atomic mass is 15.3. The molecule has 0 spiro atoms. The van der Waals surface area contributed by atoms with Gasteiger partial charge in [0.1, 0.15) is 29.6 Å². The van der Waals surface area contributed by atoms with Gasteiger partial charge in [-0.1, -0.05) is 0 Å². The summed E-state index contributed by atoms with van der Waals surface area (Å²) < 4.78 is 0. The van der Waals surface area contributed by atoms with Crippen LogP contribution in [0.4, 0.5) is 17.5 Å². The molecule has 2 aliphatic heterocycles. The number of hydrogen-bond donors (Lipinski definition) is 0. The van der Waals surface area contributed by atoms with Gasteiger partial charge >= 0.3 is 0 Å². The number of aryl methyl sites for hydroxylation is 1. The Labute approximate surface area is 170 Å². The summed E-state index contributed by atoms with van der Waals surface area (Å²) in [7, 11) is 0. The number of piperidine rings is 1. The summed E-state index contributed by atoms with van der Waals surface area (Å²) in [4.78, 5) is 29.6. The Morgan fingerprint density at radius 2 is 1.48 bits per heavy atom. The van der Waals surface area contributed by atoms with E-state index in [2.05, 4.69) is 40.7 Å². The van der Waals surface area contributed by atoms with Crippen molar-refractivity contribution in [2.75, 3.05) is 54.0 Å². The van der Waals surface area contributed by atoms with E-state index in [1.165, 1.54) is 19.3 Å². The van der Waals surface area contributed by atoms with Gasteiger partial charge in [0.2, 0.25) is 0 Å². The van der Waals surface area contributed by atoms with Crippen molar-refractivity contribution in [2.45, 2.75) is 26.2 Å². The molecule has 0 aliphatic carbocycles. The number of anilines is 3. The number of fused-ring (bicyclic) bond motifs is 1. The molecule has 150 valence electrons. The second-order valence-electron chi connectivity index (χ2n) is 7.74. The topological polar surface area (TPSA) is 74.2 Å². The van der Waals surface area contributed by atoms with Gasteiger partial charge in [-0.05, 0) is 32.3 Å². The summed E-state index contributed by atoms with van der Waals surface area (Å²) in [5, 5.41) is 1.06. The average Bonchev–Trinajstić information content (AvgIpc) is 2.79. The number of piperazine rings is 1. The van der Waals surface area contributed by atoms with Crippen molar-refractivity contribution in [2.24, 2.45) is 0 Å². The number of aromatic nitrogens is 5. The maximum Gasteiger partial charge on any atom is 0.140 e. The lowest BCUT2D eigenvalue weighted by molar-refractivity contribution is 0.572. The van der Waals surface area contributed by atoms with E-state index in [0.717, 1.165) is 73.4 Å². The molecule has 5 heterocycles. The fourth-order valence-electron chi connectivity index (χ4n) is 4.27. The summed E-state index contributed by atoms with van der Waals surface area (Å²) >= 11 is 0. The van der Waals surface area contributed by atoms with Crippen LogP contribution in [0.5, 0.6) is 0 Å². The lowest BCUT2D eigenvalue weighted by atomic mass is 10.1. The van der Waals surface area contributed by atoms with Gasteiger partial charge in [-0.2, -0.15) is 0 Å². The molecule has 0 amide bonds. The lowest BCUT2D eigenvalue weighted by Gasteiger charge is -2.37. The van der Waals surface area contributed by atoms with Crippen molar-refractivity contribution in [3.05, 3.63) is 36.7 Å². The molecule has 2 fully saturated rings. The van der Waals surface area contributed by atoms with Gasteiger partial charge in [-0.15, -0.1) is 0 Å². The molecule has 3 aromatic heterocycles. The fraction of sp³-hybridized carbons (Fsp3) is 0.476. The first-order chi connectivity index (χ1) is 14.3. The molecule has 29 heavy (non-hydrogen) atoms. The highest BCUT2D eigenvalue weighted by Crippen LogP contribution is 2.26. The normalized spacial score (nSPS) is 17.8. The predicted octanol–water partition coefficient (Wildman–Crippen LogP) is 2.44. The minimum Gasteiger partial charge on any atom is -0.356 e. The molecule has 0 bridgehead atoms. The quantitative estimate of drug-likeness (QED) is 0.675. The van der Waals surface area contributed by atoms with Crippen molar-refractivity contribution >= 4 is 28.4 Å². The van der Waals surface area contributed by atoms with Gasteiger partial charge in [0.25, 0.3) is 0 Å². The van der Waals surface area contributed by atoms with Gasteiger partial charge in [0.15, 0.2) is 0 Å². The van der Waals surface area contributed by atoms with Crippen molar-refractivity contribution in [3.63, 3.8) is 0 Å². The zero-order valence-corrected chi connectivity index (χ0v) is 16.8. The van der Waals surface area contributed by atoms with Crippen LogP contribution < -0.4 is 14.7 Å². The third kappa shape index (κ3) is 3.66. The molecule has 0 unspecified atom stereocenters. The molecule has 0 radical (unpaired) electrons. The first kappa shape index (κ1) is 18.0. The van der Waals surface area contributed by atoms with Gasteiger partial charge in [-0.3, -0.25) is 4.98 Å². The summed E-state index contributed by atoms with van der Waals surface area (Å²) in [5.74, 6) is 3.87. The molecular weight excluding hydrogens is 364 g/mol. The van der Waals surface area contributed by atoms with E-state index in [0.29, 0.717) is 0 Å². The van der Waals surface area contributed by atoms with Crippen molar-refractivity contribution in [3.8, 4) is 0 Å². The number of pyridine rings is 1. The third-order valence-corrected chi connectivity index (χ3v) is 5.81. The summed E-state index contributed by atoms with van der Waals surface area (Å²) in [6.07, 6.45) is 9.15. The highest BCUT2D eigenvalue weighted by molar-refractivity contribution is 5.88. The van der Waals surface area contributed by atoms with Crippen LogP contribution in [0.25, 0.3) is 10.9 Å². The van der Waals surface area contributed by atoms with Crippen LogP contribution in [0, 0.1) is 6.92 Å². The molecule has 0 saturated carbocycles. The molecule has 2 saturated heterocycles. The van der Waals surface area contributed by atoms with Crippen LogP contribution >= 0.6 is 0 Å². The number of hydrogen-bond acceptors (Lipinski definition) is 8. The zero-order chi connectivity index (χ0) is 19.6. The Hall–Kier alpha value is -3.03. The molecule has 0 N–H and O–H groups in total. The van der Waals surface area contributed by atoms with E-state index < -0.39 is 0 Å². The van der Waals surface area contributed by atoms with Gasteiger partial charge in [0.05, 0.1) is 11.7 Å². The molecule has 0 atom stereocenters. The van der Waals surface area contributed by atoms with Crippen molar-refractivity contribution in [1.82, 2.24) is 24.9 Å². The molecule has 8 heteroatoms. The molecule has 8 nitrogen and oxygen atoms in total. The van der Waals surface area contributed by atoms with Crippen molar-refractivity contribution < 1.29 is 0 Å². The maximum atomic E-state index is 4.73. The first-order valence-electron chi connectivity index (χ1n) is 10.4. The van der Waals surface area contributed by atoms with Gasteiger partial charge in [-0.25, -0.2) is 19.9 Å². The van der Waals surface area contributed by atoms with E-state index in [-0.39, 0.29) is 0 Å². The van der Waals surface area contributed by atoms with E-state index in [4.69, 9.17) is 4.98 Å². The highest BCUT2D eigenvalue weighted by Gasteiger charge is 2.22. The maximum absolute atomic E-state index is 4.73. The first-order valence-corrected chi connectivity index (χ1v) is 10.4. The molecule has 3 aromatic rings. The van der Waals surface area contributed by atoms with Crippen LogP contribution in [-0.2, 0) is 0 Å². The molecular formula is C21H26N8. The van der Waals surface area contributed by atoms with E-state index in [9.17, 15) is 0 Å². The Balaban J connectivity index is 1.32. The second kappa shape index (κ2) is 7.77. The van der Waals surface area contributed by atoms with Crippen LogP contribution in [0.1, 0.15) is 25.1 Å². The monoisotopic (exact) mass is 390 g/mol. The standard InChI is InChI=1S/C21H26N8/c1-16-25-18-14-22-6-5-17(18)21(26-16)29-11-9-28(10-12-29)20-13-19(23-15-24-20)27-7-3-2-4-8-27/h5-6,13-15H,2-4,7-12H2,1H3. The minimum atomic E-state index is 0.782. The van der Waals surface area contributed by atoms with Gasteiger partial charge < -0.3 is 14.7 Å². The molecule has 2 aliphatic rings. The summed E-state index contributed by atoms with van der Waals surface area (Å²) in [6.45, 7) is 7.75. The van der Waals surface area contributed by atoms with Crippen LogP contribution in [0.15, 0.2) is 30.9 Å². The van der Waals surface area contributed by atoms with Crippen LogP contribution in [-0.4, -0.2) is 64.2 Å². The average molecular weight is 390 g/mol. The zero-order valence-electron chi connectivity index (χ0n) is 16.8. The minimum absolute atomic E-state index is 0.782. The molecule has 0 aromatic carbocycles. The van der Waals surface area contributed by atoms with Gasteiger partial charge in [0, 0.05) is 56.9 Å². The van der Waals surface area contributed by atoms with Crippen LogP contribution in [0.3, 0.4) is 0 Å². The Kier molecular flexibility index (Phi) is 4.83. The number of nitrogens with zero attached hydrogens (tertiary/aromatic N) is 8. The van der Waals surface area contributed by atoms with E-state index in [1.807, 2.05) is 25.4 Å². The number of rotatable bonds is 3. The van der Waals surface area contributed by atoms with E-state index >= 15 is 0 Å². The lowest BCUT2D eigenvalue weighted by Crippen LogP contribution is -2.47. The summed E-state index contributed by atoms with van der Waals surface area (Å²) in [5.41, 5.74) is 0.902. The fourth-order valence-corrected chi connectivity index (χ4v) is 4.27. The van der Waals surface area contributed by atoms with E-state index in [1.54, 1.807) is 6.33 Å². The Morgan fingerprint density at radius 1 is 0.793 bits per heavy atom. The smallest absolute Gasteiger partial charge is 0.140 e. The Morgan fingerprint density at radius 3 is 2.24 bits per heavy atom. The largest absolute Gasteiger partial charge is 0.356 e.